The highest BCUT2D eigenvalue weighted by Gasteiger charge is 2.29. The van der Waals surface area contributed by atoms with E-state index in [0.717, 1.165) is 24.1 Å². The summed E-state index contributed by atoms with van der Waals surface area (Å²) in [4.78, 5) is 43.5. The summed E-state index contributed by atoms with van der Waals surface area (Å²) < 4.78 is 6.76. The average molecular weight is 483 g/mol. The van der Waals surface area contributed by atoms with Crippen LogP contribution in [0.15, 0.2) is 56.9 Å². The molecule has 0 radical (unpaired) electrons. The first kappa shape index (κ1) is 21.7. The topological polar surface area (TPSA) is 102 Å². The second kappa shape index (κ2) is 9.03. The number of thioether (sulfide) groups is 1. The summed E-state index contributed by atoms with van der Waals surface area (Å²) >= 11 is 2.79. The fourth-order valence-electron chi connectivity index (χ4n) is 3.80. The molecule has 0 spiro atoms. The minimum absolute atomic E-state index is 0.0915. The van der Waals surface area contributed by atoms with E-state index in [9.17, 15) is 14.4 Å². The van der Waals surface area contributed by atoms with E-state index >= 15 is 0 Å². The van der Waals surface area contributed by atoms with Crippen LogP contribution in [0.1, 0.15) is 31.2 Å². The van der Waals surface area contributed by atoms with Crippen LogP contribution in [0.2, 0.25) is 0 Å². The molecule has 170 valence electrons. The Balaban J connectivity index is 1.57. The molecule has 1 saturated carbocycles. The van der Waals surface area contributed by atoms with Gasteiger partial charge in [-0.25, -0.2) is 14.6 Å². The first-order chi connectivity index (χ1) is 16.1. The summed E-state index contributed by atoms with van der Waals surface area (Å²) in [6.45, 7) is 2.06. The second-order valence-electron chi connectivity index (χ2n) is 7.79. The normalized spacial score (nSPS) is 16.0. The van der Waals surface area contributed by atoms with Crippen molar-refractivity contribution < 1.29 is 14.3 Å². The Hall–Kier alpha value is -3.11. The minimum Gasteiger partial charge on any atom is -0.463 e. The lowest BCUT2D eigenvalue weighted by atomic mass is 10.1. The van der Waals surface area contributed by atoms with Crippen molar-refractivity contribution in [3.05, 3.63) is 62.9 Å². The Morgan fingerprint density at radius 1 is 1.27 bits per heavy atom. The van der Waals surface area contributed by atoms with E-state index in [1.807, 2.05) is 30.3 Å². The van der Waals surface area contributed by atoms with E-state index in [4.69, 9.17) is 9.72 Å². The number of carbonyl (C=O) groups excluding carboxylic acids is 2. The third-order valence-corrected chi connectivity index (χ3v) is 7.41. The Kier molecular flexibility index (Phi) is 5.94. The van der Waals surface area contributed by atoms with Crippen molar-refractivity contribution in [3.8, 4) is 5.69 Å². The van der Waals surface area contributed by atoms with E-state index in [0.29, 0.717) is 32.6 Å². The number of urea groups is 1. The van der Waals surface area contributed by atoms with Gasteiger partial charge in [-0.15, -0.1) is 11.3 Å². The number of fused-ring (bicyclic) bond motifs is 1. The van der Waals surface area contributed by atoms with Crippen molar-refractivity contribution >= 4 is 45.3 Å². The third-order valence-electron chi connectivity index (χ3n) is 5.56. The number of hydrogen-bond acceptors (Lipinski definition) is 7. The molecule has 0 atom stereocenters. The Morgan fingerprint density at radius 2 is 2.06 bits per heavy atom. The lowest BCUT2D eigenvalue weighted by molar-refractivity contribution is -0.138. The Labute approximate surface area is 198 Å². The molecule has 0 unspecified atom stereocenters. The third kappa shape index (κ3) is 4.28. The van der Waals surface area contributed by atoms with Crippen LogP contribution in [-0.2, 0) is 9.53 Å². The summed E-state index contributed by atoms with van der Waals surface area (Å²) in [6, 6.07) is 9.02. The summed E-state index contributed by atoms with van der Waals surface area (Å²) in [6.07, 6.45) is 2.21. The molecule has 2 aromatic heterocycles. The summed E-state index contributed by atoms with van der Waals surface area (Å²) in [7, 11) is 0. The number of aromatic nitrogens is 2. The quantitative estimate of drug-likeness (QED) is 0.303. The molecule has 10 heteroatoms. The van der Waals surface area contributed by atoms with Gasteiger partial charge in [0, 0.05) is 11.4 Å². The molecular formula is C23H22N4O4S2. The average Bonchev–Trinajstić information content (AvgIpc) is 3.57. The number of hydrogen-bond donors (Lipinski definition) is 2. The van der Waals surface area contributed by atoms with Gasteiger partial charge in [0.05, 0.1) is 29.8 Å². The number of amides is 2. The summed E-state index contributed by atoms with van der Waals surface area (Å²) in [5, 5.41) is 8.56. The molecule has 1 aliphatic heterocycles. The van der Waals surface area contributed by atoms with Gasteiger partial charge in [0.15, 0.2) is 5.16 Å². The van der Waals surface area contributed by atoms with Gasteiger partial charge in [0.2, 0.25) is 0 Å². The van der Waals surface area contributed by atoms with Gasteiger partial charge in [-0.05, 0) is 48.8 Å². The largest absolute Gasteiger partial charge is 0.463 e. The number of rotatable bonds is 7. The van der Waals surface area contributed by atoms with E-state index in [1.165, 1.54) is 23.1 Å². The maximum Gasteiger partial charge on any atom is 0.337 e. The number of esters is 1. The zero-order chi connectivity index (χ0) is 22.9. The van der Waals surface area contributed by atoms with Gasteiger partial charge in [-0.3, -0.25) is 9.36 Å². The molecule has 1 fully saturated rings. The van der Waals surface area contributed by atoms with E-state index in [1.54, 1.807) is 11.5 Å². The molecule has 33 heavy (non-hydrogen) atoms. The number of benzene rings is 1. The highest BCUT2D eigenvalue weighted by atomic mass is 32.2. The molecule has 2 N–H and O–H groups in total. The monoisotopic (exact) mass is 482 g/mol. The van der Waals surface area contributed by atoms with Crippen LogP contribution in [0, 0.1) is 0 Å². The highest BCUT2D eigenvalue weighted by Crippen LogP contribution is 2.44. The van der Waals surface area contributed by atoms with Crippen molar-refractivity contribution in [2.75, 3.05) is 18.9 Å². The predicted molar refractivity (Wildman–Crippen MR) is 128 cm³/mol. The van der Waals surface area contributed by atoms with Crippen LogP contribution >= 0.6 is 23.1 Å². The number of para-hydroxylation sites is 1. The first-order valence-corrected chi connectivity index (χ1v) is 12.6. The van der Waals surface area contributed by atoms with Gasteiger partial charge in [0.1, 0.15) is 4.83 Å². The van der Waals surface area contributed by atoms with Crippen molar-refractivity contribution in [2.45, 2.75) is 30.8 Å². The fourth-order valence-corrected chi connectivity index (χ4v) is 5.86. The van der Waals surface area contributed by atoms with Gasteiger partial charge in [-0.2, -0.15) is 0 Å². The zero-order valence-corrected chi connectivity index (χ0v) is 19.6. The molecule has 3 heterocycles. The number of ether oxygens (including phenoxy) is 1. The van der Waals surface area contributed by atoms with Crippen LogP contribution in [0.3, 0.4) is 0 Å². The van der Waals surface area contributed by atoms with E-state index < -0.39 is 5.97 Å². The molecule has 2 aliphatic rings. The highest BCUT2D eigenvalue weighted by molar-refractivity contribution is 7.99. The predicted octanol–water partition coefficient (Wildman–Crippen LogP) is 3.55. The minimum atomic E-state index is -0.475. The lowest BCUT2D eigenvalue weighted by Crippen LogP contribution is -2.44. The van der Waals surface area contributed by atoms with Crippen LogP contribution in [-0.4, -0.2) is 40.5 Å². The number of nitrogens with zero attached hydrogens (tertiary/aromatic N) is 2. The van der Waals surface area contributed by atoms with Gasteiger partial charge < -0.3 is 15.4 Å². The standard InChI is InChI=1S/C23H22N4O4S2/c1-2-31-21(29)15-10-24-22(30)25-17(15)12-33-23-26-19-18(16(11-32-19)13-8-9-13)20(28)27(23)14-6-4-3-5-7-14/h3-7,11,13H,2,8-10,12H2,1H3,(H2,24,25,30). The van der Waals surface area contributed by atoms with Crippen molar-refractivity contribution in [2.24, 2.45) is 0 Å². The van der Waals surface area contributed by atoms with Gasteiger partial charge >= 0.3 is 12.0 Å². The smallest absolute Gasteiger partial charge is 0.337 e. The lowest BCUT2D eigenvalue weighted by Gasteiger charge is -2.21. The van der Waals surface area contributed by atoms with Gasteiger partial charge in [-0.1, -0.05) is 30.0 Å². The molecule has 1 aliphatic carbocycles. The maximum atomic E-state index is 13.7. The summed E-state index contributed by atoms with van der Waals surface area (Å²) in [5.74, 6) is 0.225. The number of nitrogens with one attached hydrogen (secondary N) is 2. The van der Waals surface area contributed by atoms with Crippen molar-refractivity contribution in [1.29, 1.82) is 0 Å². The second-order valence-corrected chi connectivity index (χ2v) is 9.59. The van der Waals surface area contributed by atoms with Crippen LogP contribution in [0.4, 0.5) is 4.79 Å². The number of carbonyl (C=O) groups is 2. The van der Waals surface area contributed by atoms with Crippen LogP contribution in [0.25, 0.3) is 15.9 Å². The Morgan fingerprint density at radius 3 is 2.79 bits per heavy atom. The summed E-state index contributed by atoms with van der Waals surface area (Å²) in [5.41, 5.74) is 2.55. The first-order valence-electron chi connectivity index (χ1n) is 10.7. The van der Waals surface area contributed by atoms with E-state index in [-0.39, 0.29) is 30.5 Å². The molecule has 0 bridgehead atoms. The van der Waals surface area contributed by atoms with E-state index in [2.05, 4.69) is 16.0 Å². The molecule has 3 aromatic rings. The Bertz CT molecular complexity index is 1330. The number of thiophene rings is 1. The van der Waals surface area contributed by atoms with Gasteiger partial charge in [0.25, 0.3) is 5.56 Å². The van der Waals surface area contributed by atoms with Crippen LogP contribution < -0.4 is 16.2 Å². The molecule has 1 aromatic carbocycles. The van der Waals surface area contributed by atoms with Crippen LogP contribution in [0.5, 0.6) is 0 Å². The maximum absolute atomic E-state index is 13.7. The van der Waals surface area contributed by atoms with Crippen molar-refractivity contribution in [1.82, 2.24) is 20.2 Å². The molecular weight excluding hydrogens is 460 g/mol. The zero-order valence-electron chi connectivity index (χ0n) is 17.9. The molecule has 0 saturated heterocycles. The molecule has 5 rings (SSSR count). The molecule has 2 amide bonds. The fraction of sp³-hybridized carbons (Fsp3) is 0.304. The van der Waals surface area contributed by atoms with Crippen molar-refractivity contribution in [3.63, 3.8) is 0 Å². The molecule has 8 nitrogen and oxygen atoms in total. The SMILES string of the molecule is CCOC(=O)C1=C(CSc2nc3scc(C4CC4)c3c(=O)n2-c2ccccc2)NC(=O)NC1.